The highest BCUT2D eigenvalue weighted by atomic mass is 32.1. The second-order valence-electron chi connectivity index (χ2n) is 5.80. The topological polar surface area (TPSA) is 56.1 Å². The van der Waals surface area contributed by atoms with Gasteiger partial charge in [-0.3, -0.25) is 9.48 Å². The molecule has 0 spiro atoms. The van der Waals surface area contributed by atoms with Crippen LogP contribution in [0.1, 0.15) is 27.3 Å². The number of methoxy groups -OCH3 is 1. The first-order valence-corrected chi connectivity index (χ1v) is 8.88. The number of benzene rings is 1. The van der Waals surface area contributed by atoms with Crippen molar-refractivity contribution in [2.75, 3.05) is 20.3 Å². The molecule has 3 aromatic rings. The Morgan fingerprint density at radius 1 is 1.36 bits per heavy atom. The molecule has 5 nitrogen and oxygen atoms in total. The van der Waals surface area contributed by atoms with Gasteiger partial charge in [-0.05, 0) is 37.1 Å². The van der Waals surface area contributed by atoms with Gasteiger partial charge in [0.15, 0.2) is 0 Å². The van der Waals surface area contributed by atoms with Crippen molar-refractivity contribution in [1.29, 1.82) is 0 Å². The van der Waals surface area contributed by atoms with Gasteiger partial charge in [0, 0.05) is 25.6 Å². The van der Waals surface area contributed by atoms with Crippen LogP contribution >= 0.6 is 11.3 Å². The normalized spacial score (nSPS) is 11.2. The predicted molar refractivity (Wildman–Crippen MR) is 96.7 cm³/mol. The van der Waals surface area contributed by atoms with Crippen molar-refractivity contribution in [1.82, 2.24) is 15.1 Å². The Balaban J connectivity index is 1.78. The van der Waals surface area contributed by atoms with Crippen molar-refractivity contribution in [3.63, 3.8) is 0 Å². The lowest BCUT2D eigenvalue weighted by molar-refractivity contribution is 0.0952. The molecule has 1 aromatic carbocycles. The molecule has 1 amide bonds. The molecule has 25 heavy (non-hydrogen) atoms. The van der Waals surface area contributed by atoms with Crippen molar-refractivity contribution >= 4 is 27.5 Å². The summed E-state index contributed by atoms with van der Waals surface area (Å²) < 4.78 is 19.9. The van der Waals surface area contributed by atoms with Gasteiger partial charge < -0.3 is 10.1 Å². The Labute approximate surface area is 149 Å². The lowest BCUT2D eigenvalue weighted by Gasteiger charge is -2.04. The van der Waals surface area contributed by atoms with E-state index in [-0.39, 0.29) is 11.7 Å². The summed E-state index contributed by atoms with van der Waals surface area (Å²) in [6, 6.07) is 8.26. The molecule has 2 heterocycles. The van der Waals surface area contributed by atoms with Gasteiger partial charge in [0.2, 0.25) is 0 Å². The number of rotatable bonds is 7. The van der Waals surface area contributed by atoms with E-state index in [1.165, 1.54) is 23.5 Å². The Bertz CT molecular complexity index is 870. The highest BCUT2D eigenvalue weighted by molar-refractivity contribution is 7.20. The summed E-state index contributed by atoms with van der Waals surface area (Å²) in [5.41, 5.74) is 1.84. The Morgan fingerprint density at radius 2 is 2.12 bits per heavy atom. The lowest BCUT2D eigenvalue weighted by Crippen LogP contribution is -2.24. The van der Waals surface area contributed by atoms with Gasteiger partial charge in [0.1, 0.15) is 10.6 Å². The van der Waals surface area contributed by atoms with Gasteiger partial charge >= 0.3 is 0 Å². The smallest absolute Gasteiger partial charge is 0.261 e. The molecule has 0 saturated carbocycles. The number of halogens is 1. The van der Waals surface area contributed by atoms with E-state index in [9.17, 15) is 9.18 Å². The number of hydrogen-bond acceptors (Lipinski definition) is 4. The molecule has 132 valence electrons. The molecule has 0 aliphatic carbocycles. The standard InChI is InChI=1S/C18H20FN3O2S/c1-12-15-10-16(17(23)20-8-3-9-24-2)25-18(15)22(21-12)11-13-4-6-14(19)7-5-13/h4-7,10H,3,8-9,11H2,1-2H3,(H,20,23). The molecule has 0 saturated heterocycles. The van der Waals surface area contributed by atoms with Crippen LogP contribution in [0.25, 0.3) is 10.2 Å². The third kappa shape index (κ3) is 4.05. The summed E-state index contributed by atoms with van der Waals surface area (Å²) in [7, 11) is 1.64. The van der Waals surface area contributed by atoms with Gasteiger partial charge in [-0.2, -0.15) is 5.10 Å². The molecule has 2 aromatic heterocycles. The molecule has 0 bridgehead atoms. The van der Waals surface area contributed by atoms with E-state index in [1.54, 1.807) is 19.2 Å². The van der Waals surface area contributed by atoms with Crippen molar-refractivity contribution < 1.29 is 13.9 Å². The van der Waals surface area contributed by atoms with Crippen LogP contribution in [-0.4, -0.2) is 35.9 Å². The first-order valence-electron chi connectivity index (χ1n) is 8.07. The number of thiophene rings is 1. The number of amides is 1. The zero-order chi connectivity index (χ0) is 17.8. The molecule has 0 aliphatic heterocycles. The van der Waals surface area contributed by atoms with Crippen molar-refractivity contribution in [2.45, 2.75) is 19.9 Å². The van der Waals surface area contributed by atoms with Crippen LogP contribution in [0.3, 0.4) is 0 Å². The second-order valence-corrected chi connectivity index (χ2v) is 6.83. The van der Waals surface area contributed by atoms with Gasteiger partial charge in [0.25, 0.3) is 5.91 Å². The first-order chi connectivity index (χ1) is 12.1. The van der Waals surface area contributed by atoms with Crippen LogP contribution in [0.15, 0.2) is 30.3 Å². The highest BCUT2D eigenvalue weighted by Crippen LogP contribution is 2.28. The molecule has 0 unspecified atom stereocenters. The molecular weight excluding hydrogens is 341 g/mol. The van der Waals surface area contributed by atoms with Crippen LogP contribution in [0.5, 0.6) is 0 Å². The van der Waals surface area contributed by atoms with E-state index < -0.39 is 0 Å². The van der Waals surface area contributed by atoms with E-state index >= 15 is 0 Å². The Morgan fingerprint density at radius 3 is 2.84 bits per heavy atom. The third-order valence-electron chi connectivity index (χ3n) is 3.89. The maximum absolute atomic E-state index is 13.1. The maximum Gasteiger partial charge on any atom is 0.261 e. The number of carbonyl (C=O) groups is 1. The molecule has 0 fully saturated rings. The average Bonchev–Trinajstić information content (AvgIpc) is 3.15. The van der Waals surface area contributed by atoms with Crippen molar-refractivity contribution in [2.24, 2.45) is 0 Å². The minimum atomic E-state index is -0.255. The summed E-state index contributed by atoms with van der Waals surface area (Å²) in [5, 5.41) is 8.42. The van der Waals surface area contributed by atoms with Crippen LogP contribution in [0.4, 0.5) is 4.39 Å². The summed E-state index contributed by atoms with van der Waals surface area (Å²) in [6.07, 6.45) is 0.782. The minimum Gasteiger partial charge on any atom is -0.385 e. The van der Waals surface area contributed by atoms with Crippen LogP contribution in [0.2, 0.25) is 0 Å². The van der Waals surface area contributed by atoms with Crippen LogP contribution in [-0.2, 0) is 11.3 Å². The minimum absolute atomic E-state index is 0.0787. The number of aromatic nitrogens is 2. The van der Waals surface area contributed by atoms with Gasteiger partial charge in [-0.1, -0.05) is 12.1 Å². The Hall–Kier alpha value is -2.25. The quantitative estimate of drug-likeness (QED) is 0.657. The van der Waals surface area contributed by atoms with E-state index in [2.05, 4.69) is 10.4 Å². The number of aryl methyl sites for hydroxylation is 1. The third-order valence-corrected chi connectivity index (χ3v) is 5.03. The molecule has 0 aliphatic rings. The zero-order valence-corrected chi connectivity index (χ0v) is 15.0. The fourth-order valence-electron chi connectivity index (χ4n) is 2.60. The largest absolute Gasteiger partial charge is 0.385 e. The van der Waals surface area contributed by atoms with Crippen LogP contribution in [0, 0.1) is 12.7 Å². The molecular formula is C18H20FN3O2S. The van der Waals surface area contributed by atoms with Crippen LogP contribution < -0.4 is 5.32 Å². The average molecular weight is 361 g/mol. The summed E-state index contributed by atoms with van der Waals surface area (Å²) in [6.45, 7) is 3.68. The van der Waals surface area contributed by atoms with E-state index in [4.69, 9.17) is 4.74 Å². The number of nitrogens with one attached hydrogen (secondary N) is 1. The molecule has 1 N–H and O–H groups in total. The second kappa shape index (κ2) is 7.76. The summed E-state index contributed by atoms with van der Waals surface area (Å²) in [5.74, 6) is -0.334. The fourth-order valence-corrected chi connectivity index (χ4v) is 3.68. The van der Waals surface area contributed by atoms with Crippen molar-refractivity contribution in [3.05, 3.63) is 52.3 Å². The first kappa shape index (κ1) is 17.6. The molecule has 3 rings (SSSR count). The SMILES string of the molecule is COCCCNC(=O)c1cc2c(C)nn(Cc3ccc(F)cc3)c2s1. The number of hydrogen-bond donors (Lipinski definition) is 1. The Kier molecular flexibility index (Phi) is 5.45. The van der Waals surface area contributed by atoms with E-state index in [0.717, 1.165) is 27.9 Å². The van der Waals surface area contributed by atoms with Gasteiger partial charge in [-0.15, -0.1) is 11.3 Å². The maximum atomic E-state index is 13.1. The number of carbonyl (C=O) groups excluding carboxylic acids is 1. The fraction of sp³-hybridized carbons (Fsp3) is 0.333. The summed E-state index contributed by atoms with van der Waals surface area (Å²) >= 11 is 1.42. The van der Waals surface area contributed by atoms with E-state index in [1.807, 2.05) is 17.7 Å². The number of nitrogens with zero attached hydrogens (tertiary/aromatic N) is 2. The number of ether oxygens (including phenoxy) is 1. The highest BCUT2D eigenvalue weighted by Gasteiger charge is 2.16. The summed E-state index contributed by atoms with van der Waals surface area (Å²) in [4.78, 5) is 13.9. The predicted octanol–water partition coefficient (Wildman–Crippen LogP) is 3.36. The zero-order valence-electron chi connectivity index (χ0n) is 14.2. The molecule has 7 heteroatoms. The number of fused-ring (bicyclic) bond motifs is 1. The molecule has 0 atom stereocenters. The van der Waals surface area contributed by atoms with Crippen molar-refractivity contribution in [3.8, 4) is 0 Å². The van der Waals surface area contributed by atoms with Gasteiger partial charge in [-0.25, -0.2) is 4.39 Å². The monoisotopic (exact) mass is 361 g/mol. The van der Waals surface area contributed by atoms with E-state index in [0.29, 0.717) is 24.6 Å². The lowest BCUT2D eigenvalue weighted by atomic mass is 10.2. The van der Waals surface area contributed by atoms with Gasteiger partial charge in [0.05, 0.1) is 17.1 Å². The molecule has 0 radical (unpaired) electrons.